The van der Waals surface area contributed by atoms with Crippen LogP contribution in [0.15, 0.2) is 47.4 Å². The standard InChI is InChI=1S/C25H32F3N3O5S2/c1-24(33,25(26,27)28)18-6-8-19(9-7-18)31-11-10-30(38(34,35)23-5-3-2-4-22(23)37)15-20(31)14-29-12-13-36-17-21(29)16-32/h2-3,5-9,20-21,32-33H,4,10-17H2,1H3/t20-,21-,24?/m1/s1. The summed E-state index contributed by atoms with van der Waals surface area (Å²) in [6.45, 7) is 2.95. The van der Waals surface area contributed by atoms with Gasteiger partial charge in [0, 0.05) is 49.7 Å². The summed E-state index contributed by atoms with van der Waals surface area (Å²) in [5.41, 5.74) is -2.68. The highest BCUT2D eigenvalue weighted by Gasteiger charge is 2.51. The Morgan fingerprint density at radius 2 is 1.84 bits per heavy atom. The van der Waals surface area contributed by atoms with Crippen LogP contribution < -0.4 is 4.90 Å². The molecule has 4 rings (SSSR count). The lowest BCUT2D eigenvalue weighted by molar-refractivity contribution is -0.258. The lowest BCUT2D eigenvalue weighted by Gasteiger charge is -2.46. The fourth-order valence-corrected chi connectivity index (χ4v) is 7.01. The van der Waals surface area contributed by atoms with E-state index in [1.807, 2.05) is 9.80 Å². The highest BCUT2D eigenvalue weighted by molar-refractivity contribution is 7.96. The number of nitrogens with zero attached hydrogens (tertiary/aromatic N) is 3. The van der Waals surface area contributed by atoms with Gasteiger partial charge in [-0.15, -0.1) is 0 Å². The molecule has 1 aromatic rings. The van der Waals surface area contributed by atoms with Crippen molar-refractivity contribution >= 4 is 32.8 Å². The number of halogens is 3. The number of piperazine rings is 1. The lowest BCUT2D eigenvalue weighted by atomic mass is 9.95. The number of morpholine rings is 1. The number of benzene rings is 1. The number of aliphatic hydroxyl groups is 2. The number of anilines is 1. The quantitative estimate of drug-likeness (QED) is 0.478. The molecule has 0 spiro atoms. The van der Waals surface area contributed by atoms with Crippen LogP contribution in [0.1, 0.15) is 18.9 Å². The van der Waals surface area contributed by atoms with E-state index >= 15 is 0 Å². The van der Waals surface area contributed by atoms with E-state index in [0.29, 0.717) is 56.7 Å². The molecule has 2 fully saturated rings. The van der Waals surface area contributed by atoms with Crippen LogP contribution in [0, 0.1) is 0 Å². The smallest absolute Gasteiger partial charge is 0.395 e. The topological polar surface area (TPSA) is 93.6 Å². The van der Waals surface area contributed by atoms with Crippen LogP contribution in [0.2, 0.25) is 0 Å². The van der Waals surface area contributed by atoms with Crippen molar-refractivity contribution in [3.8, 4) is 0 Å². The molecule has 0 saturated carbocycles. The van der Waals surface area contributed by atoms with E-state index in [1.54, 1.807) is 12.2 Å². The van der Waals surface area contributed by atoms with Crippen molar-refractivity contribution in [2.24, 2.45) is 0 Å². The SMILES string of the molecule is CC(O)(c1ccc(N2CCN(S(=O)(=O)C3=CC=CCC3=S)C[C@H]2CN2CCOC[C@H]2CO)cc1)C(F)(F)F. The molecule has 2 saturated heterocycles. The van der Waals surface area contributed by atoms with Crippen molar-refractivity contribution in [2.75, 3.05) is 57.4 Å². The van der Waals surface area contributed by atoms with E-state index in [1.165, 1.54) is 34.6 Å². The summed E-state index contributed by atoms with van der Waals surface area (Å²) in [5, 5.41) is 19.9. The van der Waals surface area contributed by atoms with Crippen LogP contribution >= 0.6 is 12.2 Å². The van der Waals surface area contributed by atoms with Crippen molar-refractivity contribution in [1.82, 2.24) is 9.21 Å². The van der Waals surface area contributed by atoms with Gasteiger partial charge in [0.25, 0.3) is 0 Å². The molecule has 38 heavy (non-hydrogen) atoms. The normalized spacial score (nSPS) is 25.8. The third-order valence-corrected chi connectivity index (χ3v) is 9.81. The zero-order valence-electron chi connectivity index (χ0n) is 21.0. The minimum atomic E-state index is -4.84. The molecule has 1 aromatic carbocycles. The zero-order chi connectivity index (χ0) is 27.7. The van der Waals surface area contributed by atoms with Crippen molar-refractivity contribution in [1.29, 1.82) is 0 Å². The van der Waals surface area contributed by atoms with Gasteiger partial charge in [0.15, 0.2) is 5.60 Å². The van der Waals surface area contributed by atoms with Gasteiger partial charge in [0.2, 0.25) is 10.0 Å². The van der Waals surface area contributed by atoms with Gasteiger partial charge < -0.3 is 19.8 Å². The van der Waals surface area contributed by atoms with Crippen molar-refractivity contribution in [2.45, 2.75) is 37.2 Å². The second-order valence-corrected chi connectivity index (χ2v) is 12.2. The molecule has 2 N–H and O–H groups in total. The van der Waals surface area contributed by atoms with Gasteiger partial charge in [-0.3, -0.25) is 4.90 Å². The Morgan fingerprint density at radius 1 is 1.13 bits per heavy atom. The maximum absolute atomic E-state index is 13.5. The predicted molar refractivity (Wildman–Crippen MR) is 141 cm³/mol. The molecular weight excluding hydrogens is 543 g/mol. The molecular formula is C25H32F3N3O5S2. The Bertz CT molecular complexity index is 1190. The third kappa shape index (κ3) is 5.83. The van der Waals surface area contributed by atoms with E-state index in [4.69, 9.17) is 17.0 Å². The minimum Gasteiger partial charge on any atom is -0.395 e. The average Bonchev–Trinajstić information content (AvgIpc) is 2.88. The molecule has 3 aliphatic rings. The summed E-state index contributed by atoms with van der Waals surface area (Å²) in [6.07, 6.45) is 0.528. The summed E-state index contributed by atoms with van der Waals surface area (Å²) in [5.74, 6) is 0. The second kappa shape index (κ2) is 11.3. The molecule has 0 amide bonds. The number of rotatable bonds is 7. The number of allylic oxidation sites excluding steroid dienone is 4. The molecule has 3 atom stereocenters. The Balaban J connectivity index is 1.62. The van der Waals surface area contributed by atoms with E-state index in [9.17, 15) is 31.8 Å². The van der Waals surface area contributed by atoms with Gasteiger partial charge in [0.05, 0.1) is 36.8 Å². The molecule has 2 heterocycles. The maximum atomic E-state index is 13.5. The number of thiocarbonyl (C=S) groups is 1. The third-order valence-electron chi connectivity index (χ3n) is 7.34. The van der Waals surface area contributed by atoms with E-state index in [2.05, 4.69) is 0 Å². The Kier molecular flexibility index (Phi) is 8.67. The minimum absolute atomic E-state index is 0.112. The molecule has 2 aliphatic heterocycles. The highest BCUT2D eigenvalue weighted by Crippen LogP contribution is 2.39. The number of hydrogen-bond donors (Lipinski definition) is 2. The van der Waals surface area contributed by atoms with Gasteiger partial charge in [-0.25, -0.2) is 8.42 Å². The number of hydrogen-bond acceptors (Lipinski definition) is 8. The first-order chi connectivity index (χ1) is 17.9. The van der Waals surface area contributed by atoms with E-state index in [0.717, 1.165) is 0 Å². The van der Waals surface area contributed by atoms with Crippen LogP contribution in [0.3, 0.4) is 0 Å². The first-order valence-electron chi connectivity index (χ1n) is 12.4. The van der Waals surface area contributed by atoms with E-state index in [-0.39, 0.29) is 42.2 Å². The number of alkyl halides is 3. The molecule has 13 heteroatoms. The van der Waals surface area contributed by atoms with Crippen LogP contribution in [0.4, 0.5) is 18.9 Å². The Morgan fingerprint density at radius 3 is 2.47 bits per heavy atom. The molecule has 1 aliphatic carbocycles. The average molecular weight is 576 g/mol. The molecule has 0 radical (unpaired) electrons. The molecule has 0 aromatic heterocycles. The summed E-state index contributed by atoms with van der Waals surface area (Å²) < 4.78 is 73.9. The second-order valence-electron chi connectivity index (χ2n) is 9.82. The van der Waals surface area contributed by atoms with Gasteiger partial charge in [-0.1, -0.05) is 36.5 Å². The first-order valence-corrected chi connectivity index (χ1v) is 14.2. The summed E-state index contributed by atoms with van der Waals surface area (Å²) in [4.78, 5) is 4.48. The fourth-order valence-electron chi connectivity index (χ4n) is 4.94. The van der Waals surface area contributed by atoms with Crippen LogP contribution in [0.5, 0.6) is 0 Å². The monoisotopic (exact) mass is 575 g/mol. The fraction of sp³-hybridized carbons (Fsp3) is 0.560. The number of sulfonamides is 1. The first kappa shape index (κ1) is 29.1. The molecule has 210 valence electrons. The summed E-state index contributed by atoms with van der Waals surface area (Å²) in [7, 11) is -3.85. The van der Waals surface area contributed by atoms with Crippen molar-refractivity contribution < 1.29 is 36.5 Å². The lowest BCUT2D eigenvalue weighted by Crippen LogP contribution is -2.61. The van der Waals surface area contributed by atoms with Crippen LogP contribution in [0.25, 0.3) is 0 Å². The molecule has 8 nitrogen and oxygen atoms in total. The maximum Gasteiger partial charge on any atom is 0.421 e. The van der Waals surface area contributed by atoms with E-state index < -0.39 is 21.8 Å². The highest BCUT2D eigenvalue weighted by atomic mass is 32.2. The largest absolute Gasteiger partial charge is 0.421 e. The number of aliphatic hydroxyl groups excluding tert-OH is 1. The van der Waals surface area contributed by atoms with Gasteiger partial charge >= 0.3 is 6.18 Å². The van der Waals surface area contributed by atoms with Crippen molar-refractivity contribution in [3.63, 3.8) is 0 Å². The van der Waals surface area contributed by atoms with Gasteiger partial charge in [0.1, 0.15) is 0 Å². The van der Waals surface area contributed by atoms with Crippen LogP contribution in [-0.2, 0) is 20.4 Å². The van der Waals surface area contributed by atoms with Gasteiger partial charge in [-0.05, 0) is 30.7 Å². The number of ether oxygens (including phenoxy) is 1. The Labute approximate surface area is 226 Å². The molecule has 1 unspecified atom stereocenters. The van der Waals surface area contributed by atoms with Gasteiger partial charge in [-0.2, -0.15) is 17.5 Å². The summed E-state index contributed by atoms with van der Waals surface area (Å²) in [6, 6.07) is 4.89. The summed E-state index contributed by atoms with van der Waals surface area (Å²) >= 11 is 5.32. The van der Waals surface area contributed by atoms with Crippen LogP contribution in [-0.4, -0.2) is 104 Å². The molecule has 0 bridgehead atoms. The zero-order valence-corrected chi connectivity index (χ0v) is 22.6. The van der Waals surface area contributed by atoms with Crippen molar-refractivity contribution in [3.05, 3.63) is 53.0 Å². The Hall–Kier alpha value is -1.87. The predicted octanol–water partition coefficient (Wildman–Crippen LogP) is 2.18.